The molecule has 2 aliphatic heterocycles. The Morgan fingerprint density at radius 3 is 2.55 bits per heavy atom. The molecular weight excluding hydrogens is 297 g/mol. The van der Waals surface area contributed by atoms with Gasteiger partial charge in [-0.25, -0.2) is 0 Å². The lowest BCUT2D eigenvalue weighted by Crippen LogP contribution is -2.52. The molecule has 0 aromatic carbocycles. The van der Waals surface area contributed by atoms with Crippen LogP contribution in [0.2, 0.25) is 0 Å². The molecule has 0 aromatic heterocycles. The summed E-state index contributed by atoms with van der Waals surface area (Å²) in [6.45, 7) is 6.21. The van der Waals surface area contributed by atoms with E-state index in [0.29, 0.717) is 11.9 Å². The number of hydrogen-bond acceptors (Lipinski definition) is 3. The molecule has 2 rings (SSSR count). The fourth-order valence-electron chi connectivity index (χ4n) is 3.28. The molecule has 2 fully saturated rings. The van der Waals surface area contributed by atoms with Gasteiger partial charge in [0.1, 0.15) is 0 Å². The van der Waals surface area contributed by atoms with Crippen molar-refractivity contribution >= 4 is 30.7 Å². The summed E-state index contributed by atoms with van der Waals surface area (Å²) in [5, 5.41) is 3.31. The van der Waals surface area contributed by atoms with E-state index in [1.165, 1.54) is 12.8 Å². The van der Waals surface area contributed by atoms with Crippen LogP contribution in [0.1, 0.15) is 39.0 Å². The van der Waals surface area contributed by atoms with Crippen molar-refractivity contribution in [2.24, 2.45) is 0 Å². The first kappa shape index (κ1) is 20.0. The van der Waals surface area contributed by atoms with Crippen molar-refractivity contribution in [1.29, 1.82) is 0 Å². The topological polar surface area (TPSA) is 35.6 Å². The van der Waals surface area contributed by atoms with Gasteiger partial charge in [0.05, 0.1) is 6.04 Å². The monoisotopic (exact) mass is 325 g/mol. The zero-order valence-corrected chi connectivity index (χ0v) is 14.3. The van der Waals surface area contributed by atoms with E-state index < -0.39 is 0 Å². The second kappa shape index (κ2) is 9.82. The van der Waals surface area contributed by atoms with Crippen LogP contribution >= 0.6 is 24.8 Å². The first-order chi connectivity index (χ1) is 8.76. The Morgan fingerprint density at radius 2 is 1.90 bits per heavy atom. The van der Waals surface area contributed by atoms with Crippen LogP contribution in [-0.4, -0.2) is 61.0 Å². The summed E-state index contributed by atoms with van der Waals surface area (Å²) >= 11 is 0. The van der Waals surface area contributed by atoms with E-state index in [-0.39, 0.29) is 30.9 Å². The SMILES string of the molecule is CCCN1CCCC1C(=O)N1CCCC(NC)C1.Cl.Cl. The van der Waals surface area contributed by atoms with Gasteiger partial charge in [0, 0.05) is 19.1 Å². The van der Waals surface area contributed by atoms with Gasteiger partial charge in [0.25, 0.3) is 0 Å². The van der Waals surface area contributed by atoms with E-state index >= 15 is 0 Å². The molecule has 2 saturated heterocycles. The summed E-state index contributed by atoms with van der Waals surface area (Å²) in [6, 6.07) is 0.657. The number of likely N-dealkylation sites (tertiary alicyclic amines) is 2. The fourth-order valence-corrected chi connectivity index (χ4v) is 3.28. The summed E-state index contributed by atoms with van der Waals surface area (Å²) in [5.41, 5.74) is 0. The smallest absolute Gasteiger partial charge is 0.239 e. The maximum atomic E-state index is 12.6. The average molecular weight is 326 g/mol. The molecule has 0 saturated carbocycles. The summed E-state index contributed by atoms with van der Waals surface area (Å²) in [4.78, 5) is 17.1. The van der Waals surface area contributed by atoms with Gasteiger partial charge >= 0.3 is 0 Å². The molecule has 2 aliphatic rings. The quantitative estimate of drug-likeness (QED) is 0.857. The van der Waals surface area contributed by atoms with Crippen LogP contribution in [0, 0.1) is 0 Å². The minimum atomic E-state index is 0. The van der Waals surface area contributed by atoms with Crippen LogP contribution in [-0.2, 0) is 4.79 Å². The van der Waals surface area contributed by atoms with Crippen LogP contribution in [0.15, 0.2) is 0 Å². The van der Waals surface area contributed by atoms with Crippen molar-refractivity contribution in [2.75, 3.05) is 33.2 Å². The molecule has 2 heterocycles. The van der Waals surface area contributed by atoms with Crippen molar-refractivity contribution in [3.05, 3.63) is 0 Å². The molecule has 6 heteroatoms. The highest BCUT2D eigenvalue weighted by Crippen LogP contribution is 2.21. The average Bonchev–Trinajstić information content (AvgIpc) is 2.86. The van der Waals surface area contributed by atoms with Crippen LogP contribution in [0.4, 0.5) is 0 Å². The molecule has 0 radical (unpaired) electrons. The van der Waals surface area contributed by atoms with Crippen molar-refractivity contribution < 1.29 is 4.79 Å². The highest BCUT2D eigenvalue weighted by atomic mass is 35.5. The predicted molar refractivity (Wildman–Crippen MR) is 88.0 cm³/mol. The van der Waals surface area contributed by atoms with Gasteiger partial charge in [-0.2, -0.15) is 0 Å². The fraction of sp³-hybridized carbons (Fsp3) is 0.929. The predicted octanol–water partition coefficient (Wildman–Crippen LogP) is 1.91. The van der Waals surface area contributed by atoms with Crippen molar-refractivity contribution in [3.63, 3.8) is 0 Å². The van der Waals surface area contributed by atoms with Crippen LogP contribution in [0.25, 0.3) is 0 Å². The summed E-state index contributed by atoms with van der Waals surface area (Å²) < 4.78 is 0. The summed E-state index contributed by atoms with van der Waals surface area (Å²) in [7, 11) is 2.00. The van der Waals surface area contributed by atoms with Gasteiger partial charge in [0.2, 0.25) is 5.91 Å². The van der Waals surface area contributed by atoms with Crippen molar-refractivity contribution in [3.8, 4) is 0 Å². The van der Waals surface area contributed by atoms with Crippen LogP contribution in [0.5, 0.6) is 0 Å². The normalized spacial score (nSPS) is 26.8. The largest absolute Gasteiger partial charge is 0.340 e. The van der Waals surface area contributed by atoms with Crippen molar-refractivity contribution in [1.82, 2.24) is 15.1 Å². The molecule has 0 bridgehead atoms. The summed E-state index contributed by atoms with van der Waals surface area (Å²) in [6.07, 6.45) is 5.71. The molecule has 120 valence electrons. The molecule has 0 aliphatic carbocycles. The first-order valence-corrected chi connectivity index (χ1v) is 7.46. The molecule has 1 N–H and O–H groups in total. The number of carbonyl (C=O) groups excluding carboxylic acids is 1. The molecule has 2 atom stereocenters. The zero-order chi connectivity index (χ0) is 13.0. The van der Waals surface area contributed by atoms with Gasteiger partial charge in [-0.3, -0.25) is 9.69 Å². The second-order valence-corrected chi connectivity index (χ2v) is 5.61. The Kier molecular flexibility index (Phi) is 9.81. The number of nitrogens with zero attached hydrogens (tertiary/aromatic N) is 2. The molecular formula is C14H29Cl2N3O. The number of likely N-dealkylation sites (N-methyl/N-ethyl adjacent to an activating group) is 1. The number of halogens is 2. The van der Waals surface area contributed by atoms with E-state index in [2.05, 4.69) is 22.0 Å². The highest BCUT2D eigenvalue weighted by Gasteiger charge is 2.34. The van der Waals surface area contributed by atoms with Crippen molar-refractivity contribution in [2.45, 2.75) is 51.1 Å². The summed E-state index contributed by atoms with van der Waals surface area (Å²) in [5.74, 6) is 0.376. The van der Waals surface area contributed by atoms with E-state index in [9.17, 15) is 4.79 Å². The Hall–Kier alpha value is -0.0300. The maximum Gasteiger partial charge on any atom is 0.239 e. The van der Waals surface area contributed by atoms with E-state index in [4.69, 9.17) is 0 Å². The van der Waals surface area contributed by atoms with Gasteiger partial charge < -0.3 is 10.2 Å². The number of piperidine rings is 1. The Balaban J connectivity index is 0.00000180. The minimum absolute atomic E-state index is 0. The molecule has 4 nitrogen and oxygen atoms in total. The lowest BCUT2D eigenvalue weighted by molar-refractivity contribution is -0.137. The van der Waals surface area contributed by atoms with E-state index in [0.717, 1.165) is 45.4 Å². The van der Waals surface area contributed by atoms with Gasteiger partial charge in [-0.15, -0.1) is 24.8 Å². The zero-order valence-electron chi connectivity index (χ0n) is 12.6. The Labute approximate surface area is 135 Å². The highest BCUT2D eigenvalue weighted by molar-refractivity contribution is 5.85. The van der Waals surface area contributed by atoms with Crippen LogP contribution < -0.4 is 5.32 Å². The lowest BCUT2D eigenvalue weighted by Gasteiger charge is -2.36. The van der Waals surface area contributed by atoms with Gasteiger partial charge in [-0.1, -0.05) is 6.92 Å². The molecule has 20 heavy (non-hydrogen) atoms. The standard InChI is InChI=1S/C14H27N3O.2ClH/c1-3-8-16-9-5-7-13(16)14(18)17-10-4-6-12(11-17)15-2;;/h12-13,15H,3-11H2,1-2H3;2*1H. The number of amides is 1. The third kappa shape index (κ3) is 4.76. The Morgan fingerprint density at radius 1 is 1.20 bits per heavy atom. The van der Waals surface area contributed by atoms with E-state index in [1.54, 1.807) is 0 Å². The number of hydrogen-bond donors (Lipinski definition) is 1. The number of carbonyl (C=O) groups is 1. The maximum absolute atomic E-state index is 12.6. The number of rotatable bonds is 4. The first-order valence-electron chi connectivity index (χ1n) is 7.46. The molecule has 0 aromatic rings. The van der Waals surface area contributed by atoms with Crippen LogP contribution in [0.3, 0.4) is 0 Å². The molecule has 0 spiro atoms. The molecule has 2 unspecified atom stereocenters. The lowest BCUT2D eigenvalue weighted by atomic mass is 10.0. The molecule has 1 amide bonds. The second-order valence-electron chi connectivity index (χ2n) is 5.61. The third-order valence-electron chi connectivity index (χ3n) is 4.30. The van der Waals surface area contributed by atoms with E-state index in [1.807, 2.05) is 7.05 Å². The Bertz CT molecular complexity index is 292. The van der Waals surface area contributed by atoms with Gasteiger partial charge in [0.15, 0.2) is 0 Å². The van der Waals surface area contributed by atoms with Gasteiger partial charge in [-0.05, 0) is 52.2 Å². The minimum Gasteiger partial charge on any atom is -0.340 e. The third-order valence-corrected chi connectivity index (χ3v) is 4.30. The number of nitrogens with one attached hydrogen (secondary N) is 1.